The van der Waals surface area contributed by atoms with Crippen LogP contribution in [-0.4, -0.2) is 76.8 Å². The molecule has 1 aromatic carbocycles. The van der Waals surface area contributed by atoms with Gasteiger partial charge >= 0.3 is 0 Å². The highest BCUT2D eigenvalue weighted by Crippen LogP contribution is 2.34. The lowest BCUT2D eigenvalue weighted by Crippen LogP contribution is -2.62. The highest BCUT2D eigenvalue weighted by atomic mass is 32.1. The van der Waals surface area contributed by atoms with Gasteiger partial charge in [0.1, 0.15) is 16.6 Å². The molecule has 2 heterocycles. The van der Waals surface area contributed by atoms with Gasteiger partial charge in [0, 0.05) is 32.3 Å². The Morgan fingerprint density at radius 3 is 2.67 bits per heavy atom. The summed E-state index contributed by atoms with van der Waals surface area (Å²) in [5.41, 5.74) is -1.41. The Bertz CT molecular complexity index is 1390. The van der Waals surface area contributed by atoms with E-state index in [-0.39, 0.29) is 34.4 Å². The summed E-state index contributed by atoms with van der Waals surface area (Å²) >= 11 is 1.04. The number of amides is 1. The van der Waals surface area contributed by atoms with Crippen molar-refractivity contribution in [2.24, 2.45) is 0 Å². The molecule has 216 valence electrons. The van der Waals surface area contributed by atoms with Crippen molar-refractivity contribution >= 4 is 17.2 Å². The number of pyridine rings is 1. The van der Waals surface area contributed by atoms with Gasteiger partial charge in [0.15, 0.2) is 16.5 Å². The van der Waals surface area contributed by atoms with Crippen molar-refractivity contribution in [2.75, 3.05) is 33.9 Å². The first-order valence-electron chi connectivity index (χ1n) is 13.1. The molecule has 1 aliphatic carbocycles. The fourth-order valence-electron chi connectivity index (χ4n) is 5.07. The average Bonchev–Trinajstić information content (AvgIpc) is 3.41. The van der Waals surface area contributed by atoms with Gasteiger partial charge in [0.2, 0.25) is 5.43 Å². The van der Waals surface area contributed by atoms with E-state index in [0.717, 1.165) is 36.3 Å². The van der Waals surface area contributed by atoms with E-state index < -0.39 is 34.4 Å². The zero-order valence-corrected chi connectivity index (χ0v) is 23.4. The molecular weight excluding hydrogens is 544 g/mol. The first kappa shape index (κ1) is 29.7. The molecule has 1 amide bonds. The van der Waals surface area contributed by atoms with Crippen LogP contribution in [0.25, 0.3) is 10.6 Å². The molecule has 0 atom stereocenters. The molecule has 0 aliphatic heterocycles. The predicted molar refractivity (Wildman–Crippen MR) is 145 cm³/mol. The van der Waals surface area contributed by atoms with Crippen molar-refractivity contribution in [1.29, 1.82) is 0 Å². The predicted octanol–water partition coefficient (Wildman–Crippen LogP) is 3.45. The Hall–Kier alpha value is -3.26. The minimum Gasteiger partial charge on any atom is -0.503 e. The molecule has 3 aromatic rings. The summed E-state index contributed by atoms with van der Waals surface area (Å²) in [6, 6.07) is 3.26. The maximum absolute atomic E-state index is 14.0. The van der Waals surface area contributed by atoms with Crippen molar-refractivity contribution in [3.05, 3.63) is 62.5 Å². The number of aromatic hydroxyl groups is 1. The monoisotopic (exact) mass is 577 g/mol. The summed E-state index contributed by atoms with van der Waals surface area (Å²) < 4.78 is 38.2. The Morgan fingerprint density at radius 1 is 1.27 bits per heavy atom. The van der Waals surface area contributed by atoms with Crippen molar-refractivity contribution in [2.45, 2.75) is 50.8 Å². The summed E-state index contributed by atoms with van der Waals surface area (Å²) in [6.45, 7) is 3.21. The first-order chi connectivity index (χ1) is 19.2. The molecule has 1 saturated carbocycles. The van der Waals surface area contributed by atoms with Gasteiger partial charge < -0.3 is 24.5 Å². The maximum Gasteiger partial charge on any atom is 0.275 e. The van der Waals surface area contributed by atoms with Crippen LogP contribution in [0.5, 0.6) is 5.75 Å². The molecule has 0 unspecified atom stereocenters. The third-order valence-corrected chi connectivity index (χ3v) is 8.23. The fourth-order valence-corrected chi connectivity index (χ4v) is 5.94. The van der Waals surface area contributed by atoms with Crippen LogP contribution in [0.4, 0.5) is 8.78 Å². The number of methoxy groups -OCH3 is 1. The number of aromatic amines is 1. The second kappa shape index (κ2) is 12.9. The smallest absolute Gasteiger partial charge is 0.275 e. The molecule has 1 aliphatic rings. The van der Waals surface area contributed by atoms with Gasteiger partial charge in [-0.15, -0.1) is 10.2 Å². The van der Waals surface area contributed by atoms with Gasteiger partial charge in [-0.1, -0.05) is 17.4 Å². The largest absolute Gasteiger partial charge is 0.503 e. The van der Waals surface area contributed by atoms with Crippen LogP contribution in [0, 0.1) is 11.6 Å². The van der Waals surface area contributed by atoms with Crippen molar-refractivity contribution < 1.29 is 28.2 Å². The number of hydrogen-bond acceptors (Lipinski definition) is 9. The quantitative estimate of drug-likeness (QED) is 0.234. The van der Waals surface area contributed by atoms with Gasteiger partial charge in [-0.2, -0.15) is 0 Å². The van der Waals surface area contributed by atoms with Gasteiger partial charge in [0.25, 0.3) is 5.91 Å². The van der Waals surface area contributed by atoms with E-state index in [9.17, 15) is 23.5 Å². The molecule has 10 nitrogen and oxygen atoms in total. The number of halogens is 2. The SMILES string of the molecule is CCN(C(=O)c1[nH]cc(-c2nnc(Cc3ccc(F)cc3F)s2)c(=O)c1O)C1(NC)CCC(OCCOC)CC1. The molecule has 0 spiro atoms. The van der Waals surface area contributed by atoms with Gasteiger partial charge in [-0.05, 0) is 51.3 Å². The van der Waals surface area contributed by atoms with E-state index in [4.69, 9.17) is 9.47 Å². The molecular formula is C27H33F2N5O5S. The van der Waals surface area contributed by atoms with E-state index in [2.05, 4.69) is 20.5 Å². The van der Waals surface area contributed by atoms with Crippen LogP contribution in [0.2, 0.25) is 0 Å². The number of carbonyl (C=O) groups is 1. The normalized spacial score (nSPS) is 19.1. The van der Waals surface area contributed by atoms with Crippen molar-refractivity contribution in [3.8, 4) is 16.3 Å². The molecule has 13 heteroatoms. The number of aromatic nitrogens is 3. The number of carbonyl (C=O) groups excluding carboxylic acids is 1. The summed E-state index contributed by atoms with van der Waals surface area (Å²) in [7, 11) is 3.41. The third kappa shape index (κ3) is 6.22. The van der Waals surface area contributed by atoms with Crippen LogP contribution >= 0.6 is 11.3 Å². The standard InChI is InChI=1S/C27H33F2N5O5S/c1-4-34(27(30-2)9-7-18(8-10-27)39-12-11-38-3)26(37)22-24(36)23(35)19(15-31-22)25-33-32-21(40-25)13-16-5-6-17(28)14-20(16)29/h5-6,14-15,18,30,36H,4,7-13H2,1-3H3,(H,31,35). The summed E-state index contributed by atoms with van der Waals surface area (Å²) in [5, 5.41) is 22.7. The Labute approximate surface area is 234 Å². The number of benzene rings is 1. The molecule has 0 bridgehead atoms. The van der Waals surface area contributed by atoms with Crippen LogP contribution in [-0.2, 0) is 15.9 Å². The molecule has 40 heavy (non-hydrogen) atoms. The molecule has 4 rings (SSSR count). The zero-order valence-electron chi connectivity index (χ0n) is 22.6. The zero-order chi connectivity index (χ0) is 28.9. The average molecular weight is 578 g/mol. The second-order valence-corrected chi connectivity index (χ2v) is 10.6. The minimum atomic E-state index is -0.775. The van der Waals surface area contributed by atoms with Crippen molar-refractivity contribution in [3.63, 3.8) is 0 Å². The summed E-state index contributed by atoms with van der Waals surface area (Å²) in [4.78, 5) is 31.2. The van der Waals surface area contributed by atoms with E-state index >= 15 is 0 Å². The minimum absolute atomic E-state index is 0.0254. The van der Waals surface area contributed by atoms with Crippen molar-refractivity contribution in [1.82, 2.24) is 25.4 Å². The van der Waals surface area contributed by atoms with E-state index in [1.54, 1.807) is 19.1 Å². The number of hydrogen-bond donors (Lipinski definition) is 3. The molecule has 3 N–H and O–H groups in total. The third-order valence-electron chi connectivity index (χ3n) is 7.27. The van der Waals surface area contributed by atoms with E-state index in [1.165, 1.54) is 12.3 Å². The maximum atomic E-state index is 14.0. The highest BCUT2D eigenvalue weighted by Gasteiger charge is 2.42. The van der Waals surface area contributed by atoms with Crippen LogP contribution < -0.4 is 10.7 Å². The lowest BCUT2D eigenvalue weighted by atomic mass is 9.85. The number of ether oxygens (including phenoxy) is 2. The lowest BCUT2D eigenvalue weighted by Gasteiger charge is -2.47. The first-order valence-corrected chi connectivity index (χ1v) is 13.9. The van der Waals surface area contributed by atoms with Crippen LogP contribution in [0.15, 0.2) is 29.2 Å². The summed E-state index contributed by atoms with van der Waals surface area (Å²) in [6.07, 6.45) is 4.17. The summed E-state index contributed by atoms with van der Waals surface area (Å²) in [5.74, 6) is -2.62. The fraction of sp³-hybridized carbons (Fsp3) is 0.481. The van der Waals surface area contributed by atoms with Gasteiger partial charge in [0.05, 0.1) is 30.5 Å². The molecule has 1 fully saturated rings. The second-order valence-electron chi connectivity index (χ2n) is 9.56. The number of nitrogens with zero attached hydrogens (tertiary/aromatic N) is 3. The van der Waals surface area contributed by atoms with Crippen LogP contribution in [0.3, 0.4) is 0 Å². The van der Waals surface area contributed by atoms with E-state index in [1.807, 2.05) is 6.92 Å². The lowest BCUT2D eigenvalue weighted by molar-refractivity contribution is -0.0421. The Balaban J connectivity index is 1.52. The Morgan fingerprint density at radius 2 is 2.02 bits per heavy atom. The number of H-pyrrole nitrogens is 1. The number of nitrogens with one attached hydrogen (secondary N) is 2. The molecule has 0 radical (unpaired) electrons. The van der Waals surface area contributed by atoms with Crippen LogP contribution in [0.1, 0.15) is 53.7 Å². The molecule has 2 aromatic heterocycles. The van der Waals surface area contributed by atoms with Gasteiger partial charge in [-0.25, -0.2) is 8.78 Å². The molecule has 0 saturated heterocycles. The van der Waals surface area contributed by atoms with Gasteiger partial charge in [-0.3, -0.25) is 14.9 Å². The van der Waals surface area contributed by atoms with E-state index in [0.29, 0.717) is 37.6 Å². The Kier molecular flexibility index (Phi) is 9.61. The number of rotatable bonds is 11. The topological polar surface area (TPSA) is 130 Å². The highest BCUT2D eigenvalue weighted by molar-refractivity contribution is 7.14.